The minimum atomic E-state index is -1.09. The van der Waals surface area contributed by atoms with Gasteiger partial charge in [0.1, 0.15) is 19.5 Å². The molecule has 0 aliphatic carbocycles. The van der Waals surface area contributed by atoms with Crippen molar-refractivity contribution in [3.05, 3.63) is 134 Å². The van der Waals surface area contributed by atoms with E-state index in [0.29, 0.717) is 29.2 Å². The Morgan fingerprint density at radius 3 is 1.44 bits per heavy atom. The van der Waals surface area contributed by atoms with Crippen molar-refractivity contribution in [2.45, 2.75) is 11.7 Å². The van der Waals surface area contributed by atoms with Gasteiger partial charge in [-0.25, -0.2) is 0 Å². The Morgan fingerprint density at radius 2 is 1.03 bits per heavy atom. The van der Waals surface area contributed by atoms with Crippen LogP contribution in [0.25, 0.3) is 43.5 Å². The molecule has 0 saturated carbocycles. The number of hydrogen-bond acceptors (Lipinski definition) is 14. The van der Waals surface area contributed by atoms with Crippen molar-refractivity contribution in [2.24, 2.45) is 0 Å². The number of anilines is 3. The van der Waals surface area contributed by atoms with E-state index in [4.69, 9.17) is 36.7 Å². The molecule has 3 aliphatic rings. The first-order valence-corrected chi connectivity index (χ1v) is 25.5. The van der Waals surface area contributed by atoms with Crippen LogP contribution in [0.4, 0.5) is 17.1 Å². The summed E-state index contributed by atoms with van der Waals surface area (Å²) in [6.07, 6.45) is 4.27. The largest absolute Gasteiger partial charge is 0.480 e. The van der Waals surface area contributed by atoms with Gasteiger partial charge >= 0.3 is 5.97 Å². The average molecular weight is 1010 g/mol. The van der Waals surface area contributed by atoms with Crippen molar-refractivity contribution in [3.8, 4) is 31.3 Å². The minimum Gasteiger partial charge on any atom is -0.480 e. The molecule has 1 unspecified atom stereocenters. The highest BCUT2D eigenvalue weighted by Crippen LogP contribution is 2.42. The molecule has 0 spiro atoms. The first-order chi connectivity index (χ1) is 30.8. The molecule has 3 fully saturated rings. The van der Waals surface area contributed by atoms with Crippen LogP contribution in [0.2, 0.25) is 0 Å². The van der Waals surface area contributed by atoms with Crippen molar-refractivity contribution in [3.63, 3.8) is 0 Å². The number of carboxylic acids is 1. The molecule has 9 rings (SSSR count). The molecule has 0 bridgehead atoms. The van der Waals surface area contributed by atoms with Crippen LogP contribution in [0.15, 0.2) is 119 Å². The van der Waals surface area contributed by atoms with Gasteiger partial charge in [-0.2, -0.15) is 0 Å². The molecule has 1 atom stereocenters. The molecule has 6 aromatic rings. The molecule has 1 N–H and O–H groups in total. The Morgan fingerprint density at radius 1 is 0.609 bits per heavy atom. The maximum absolute atomic E-state index is 12.9. The Bertz CT molecular complexity index is 2840. The number of carboxylic acid groups (broad SMARTS) is 1. The number of carbonyl (C=O) groups is 4. The third-order valence-electron chi connectivity index (χ3n) is 10.3. The van der Waals surface area contributed by atoms with Gasteiger partial charge in [0.15, 0.2) is 0 Å². The van der Waals surface area contributed by atoms with Crippen LogP contribution in [0.5, 0.6) is 0 Å². The second kappa shape index (κ2) is 18.6. The lowest BCUT2D eigenvalue weighted by Gasteiger charge is -2.26. The Hall–Kier alpha value is -4.76. The van der Waals surface area contributed by atoms with E-state index in [9.17, 15) is 24.3 Å². The molecule has 3 saturated heterocycles. The third kappa shape index (κ3) is 9.21. The van der Waals surface area contributed by atoms with Crippen LogP contribution in [-0.2, 0) is 25.6 Å². The number of hydrogen-bond donors (Lipinski definition) is 1. The molecular formula is C46H32N4O5S9. The molecule has 18 heteroatoms. The van der Waals surface area contributed by atoms with E-state index in [1.807, 2.05) is 30.4 Å². The number of amides is 3. The van der Waals surface area contributed by atoms with Crippen LogP contribution in [0.1, 0.15) is 14.6 Å². The van der Waals surface area contributed by atoms with E-state index in [0.717, 1.165) is 63.0 Å². The monoisotopic (exact) mass is 1010 g/mol. The lowest BCUT2D eigenvalue weighted by atomic mass is 10.1. The summed E-state index contributed by atoms with van der Waals surface area (Å²) in [6.45, 7) is -0.424. The van der Waals surface area contributed by atoms with Gasteiger partial charge in [0.25, 0.3) is 11.8 Å². The van der Waals surface area contributed by atoms with Crippen LogP contribution >= 0.6 is 106 Å². The lowest BCUT2D eigenvalue weighted by Crippen LogP contribution is -2.36. The fraction of sp³-hybridized carbons (Fsp3) is 0.109. The summed E-state index contributed by atoms with van der Waals surface area (Å²) in [6, 6.07) is 37.5. The van der Waals surface area contributed by atoms with Gasteiger partial charge in [-0.15, -0.1) is 34.0 Å². The van der Waals surface area contributed by atoms with E-state index in [1.54, 1.807) is 48.1 Å². The molecule has 64 heavy (non-hydrogen) atoms. The number of benzene rings is 3. The summed E-state index contributed by atoms with van der Waals surface area (Å²) in [7, 11) is 3.39. The van der Waals surface area contributed by atoms with Crippen molar-refractivity contribution in [1.82, 2.24) is 14.7 Å². The SMILES string of the molecule is CN1C(=O)/C(=C/c2ccc(-c3ccc(N(c4ccc(-c5ccc(/C=C6/SC(=S)N(C)C6=O)s5)cc4)c4ccc(-c5ccc(CC6SC(=S)N(CC(=O)O)C6=O)s5)cc4)cc3)s2)SC1=S. The summed E-state index contributed by atoms with van der Waals surface area (Å²) in [5.41, 5.74) is 6.03. The number of rotatable bonds is 12. The molecule has 3 aliphatic heterocycles. The number of thiophene rings is 3. The Balaban J connectivity index is 0.977. The zero-order valence-electron chi connectivity index (χ0n) is 33.6. The topological polar surface area (TPSA) is 101 Å². The number of nitrogens with zero attached hydrogens (tertiary/aromatic N) is 4. The predicted octanol–water partition coefficient (Wildman–Crippen LogP) is 11.9. The van der Waals surface area contributed by atoms with E-state index in [-0.39, 0.29) is 17.7 Å². The summed E-state index contributed by atoms with van der Waals surface area (Å²) in [5, 5.41) is 8.78. The highest BCUT2D eigenvalue weighted by Gasteiger charge is 2.38. The number of carbonyl (C=O) groups excluding carboxylic acids is 3. The van der Waals surface area contributed by atoms with Crippen LogP contribution < -0.4 is 4.90 Å². The maximum Gasteiger partial charge on any atom is 0.323 e. The predicted molar refractivity (Wildman–Crippen MR) is 280 cm³/mol. The van der Waals surface area contributed by atoms with Crippen molar-refractivity contribution in [2.75, 3.05) is 25.5 Å². The Kier molecular flexibility index (Phi) is 12.9. The minimum absolute atomic E-state index is 0.0856. The highest BCUT2D eigenvalue weighted by atomic mass is 32.2. The van der Waals surface area contributed by atoms with Gasteiger partial charge in [-0.1, -0.05) is 108 Å². The molecular weight excluding hydrogens is 977 g/mol. The lowest BCUT2D eigenvalue weighted by molar-refractivity contribution is -0.141. The summed E-state index contributed by atoms with van der Waals surface area (Å²) in [4.78, 5) is 63.2. The second-order valence-corrected chi connectivity index (χ2v) is 23.1. The van der Waals surface area contributed by atoms with Gasteiger partial charge in [-0.3, -0.25) is 33.9 Å². The van der Waals surface area contributed by atoms with E-state index in [2.05, 4.69) is 95.9 Å². The van der Waals surface area contributed by atoms with Gasteiger partial charge < -0.3 is 10.0 Å². The molecule has 320 valence electrons. The fourth-order valence-electron chi connectivity index (χ4n) is 7.02. The van der Waals surface area contributed by atoms with Crippen LogP contribution in [-0.4, -0.2) is 82.3 Å². The van der Waals surface area contributed by atoms with Crippen molar-refractivity contribution >= 4 is 172 Å². The maximum atomic E-state index is 12.9. The zero-order chi connectivity index (χ0) is 44.8. The molecule has 3 aromatic heterocycles. The quantitative estimate of drug-likeness (QED) is 0.0933. The fourth-order valence-corrected chi connectivity index (χ4v) is 14.1. The van der Waals surface area contributed by atoms with Crippen molar-refractivity contribution < 1.29 is 24.3 Å². The van der Waals surface area contributed by atoms with Gasteiger partial charge in [0.2, 0.25) is 5.91 Å². The highest BCUT2D eigenvalue weighted by molar-refractivity contribution is 8.27. The molecule has 9 nitrogen and oxygen atoms in total. The third-order valence-corrected chi connectivity index (χ3v) is 18.2. The molecule has 3 aromatic carbocycles. The average Bonchev–Trinajstić information content (AvgIpc) is 4.17. The first kappa shape index (κ1) is 44.4. The van der Waals surface area contributed by atoms with Gasteiger partial charge in [0, 0.05) is 66.8 Å². The summed E-state index contributed by atoms with van der Waals surface area (Å²) >= 11 is 24.6. The van der Waals surface area contributed by atoms with E-state index in [1.165, 1.54) is 50.0 Å². The van der Waals surface area contributed by atoms with Gasteiger partial charge in [-0.05, 0) is 102 Å². The molecule has 3 amide bonds. The van der Waals surface area contributed by atoms with Crippen LogP contribution in [0.3, 0.4) is 0 Å². The number of likely N-dealkylation sites (N-methyl/N-ethyl adjacent to an activating group) is 2. The normalized spacial score (nSPS) is 17.9. The molecule has 0 radical (unpaired) electrons. The standard InChI is InChI=1S/C46H32N4O5S9/c1-47-41(53)37(62-44(47)56)21-31-15-18-34(59-31)25-3-9-28(10-4-25)50(29-11-5-26(6-12-29)35-19-16-32(60-35)22-38-42(54)48(2)45(57)63-38)30-13-7-27(8-14-30)36-20-17-33(61-36)23-39-43(55)49(24-40(51)52)46(58)64-39/h3-22,39H,23-24H2,1-2H3,(H,51,52)/b37-21-,38-22+. The van der Waals surface area contributed by atoms with E-state index >= 15 is 0 Å². The van der Waals surface area contributed by atoms with E-state index < -0.39 is 17.8 Å². The molecule has 6 heterocycles. The van der Waals surface area contributed by atoms with Crippen molar-refractivity contribution in [1.29, 1.82) is 0 Å². The number of aliphatic carboxylic acids is 1. The van der Waals surface area contributed by atoms with Crippen LogP contribution in [0, 0.1) is 0 Å². The van der Waals surface area contributed by atoms with Gasteiger partial charge in [0.05, 0.1) is 15.1 Å². The first-order valence-electron chi connectivity index (χ1n) is 19.4. The number of thioether (sulfide) groups is 3. The Labute approximate surface area is 409 Å². The summed E-state index contributed by atoms with van der Waals surface area (Å²) in [5.74, 6) is -1.53. The zero-order valence-corrected chi connectivity index (χ0v) is 40.9. The number of thiocarbonyl (C=S) groups is 3. The summed E-state index contributed by atoms with van der Waals surface area (Å²) < 4.78 is 1.40. The second-order valence-electron chi connectivity index (χ2n) is 14.5. The smallest absolute Gasteiger partial charge is 0.323 e.